The molecule has 0 aromatic rings. The van der Waals surface area contributed by atoms with Crippen LogP contribution in [0.2, 0.25) is 0 Å². The molecule has 0 N–H and O–H groups in total. The Bertz CT molecular complexity index is 556. The molecule has 18 heavy (non-hydrogen) atoms. The van der Waals surface area contributed by atoms with Crippen molar-refractivity contribution in [1.82, 2.24) is 4.90 Å². The third kappa shape index (κ3) is 1.60. The highest BCUT2D eigenvalue weighted by atomic mass is 15.2. The maximum atomic E-state index is 9.21. The Morgan fingerprint density at radius 2 is 1.28 bits per heavy atom. The first kappa shape index (κ1) is 13.3. The molecule has 0 spiro atoms. The predicted molar refractivity (Wildman–Crippen MR) is 62.7 cm³/mol. The second kappa shape index (κ2) is 4.62. The lowest BCUT2D eigenvalue weighted by atomic mass is 9.74. The summed E-state index contributed by atoms with van der Waals surface area (Å²) in [4.78, 5) is 1.42. The van der Waals surface area contributed by atoms with Crippen LogP contribution < -0.4 is 0 Å². The lowest BCUT2D eigenvalue weighted by Gasteiger charge is -2.35. The zero-order valence-electron chi connectivity index (χ0n) is 10.4. The Kier molecular flexibility index (Phi) is 3.42. The van der Waals surface area contributed by atoms with E-state index in [-0.39, 0.29) is 22.5 Å². The van der Waals surface area contributed by atoms with Gasteiger partial charge in [0.15, 0.2) is 0 Å². The van der Waals surface area contributed by atoms with E-state index in [0.29, 0.717) is 6.54 Å². The molecule has 0 aliphatic carbocycles. The average molecular weight is 237 g/mol. The summed E-state index contributed by atoms with van der Waals surface area (Å²) in [5.41, 5.74) is -0.156. The number of hydrogen-bond acceptors (Lipinski definition) is 5. The second-order valence-electron chi connectivity index (χ2n) is 4.26. The molecule has 1 heterocycles. The number of hydrogen-bond donors (Lipinski definition) is 0. The molecule has 0 aromatic heterocycles. The molecule has 0 unspecified atom stereocenters. The SMILES string of the molecule is CCN1C(C#N)=C(C#N)C(C)(C)C(C#N)=C1C#N. The van der Waals surface area contributed by atoms with Gasteiger partial charge < -0.3 is 4.90 Å². The molecule has 0 fully saturated rings. The summed E-state index contributed by atoms with van der Waals surface area (Å²) in [6, 6.07) is 7.90. The molecule has 5 nitrogen and oxygen atoms in total. The second-order valence-corrected chi connectivity index (χ2v) is 4.26. The van der Waals surface area contributed by atoms with Gasteiger partial charge in [0.05, 0.1) is 23.3 Å². The molecule has 0 saturated heterocycles. The van der Waals surface area contributed by atoms with E-state index in [4.69, 9.17) is 0 Å². The van der Waals surface area contributed by atoms with Crippen LogP contribution in [-0.4, -0.2) is 11.4 Å². The smallest absolute Gasteiger partial charge is 0.135 e. The van der Waals surface area contributed by atoms with Gasteiger partial charge in [-0.25, -0.2) is 0 Å². The van der Waals surface area contributed by atoms with E-state index in [9.17, 15) is 21.0 Å². The van der Waals surface area contributed by atoms with Gasteiger partial charge in [-0.1, -0.05) is 13.8 Å². The molecule has 0 bridgehead atoms. The number of rotatable bonds is 1. The van der Waals surface area contributed by atoms with Gasteiger partial charge in [0.25, 0.3) is 0 Å². The van der Waals surface area contributed by atoms with Crippen LogP contribution in [0, 0.1) is 50.7 Å². The van der Waals surface area contributed by atoms with Gasteiger partial charge in [0, 0.05) is 12.0 Å². The zero-order valence-corrected chi connectivity index (χ0v) is 10.4. The van der Waals surface area contributed by atoms with Crippen molar-refractivity contribution < 1.29 is 0 Å². The van der Waals surface area contributed by atoms with Crippen molar-refractivity contribution in [2.45, 2.75) is 20.8 Å². The van der Waals surface area contributed by atoms with Crippen molar-refractivity contribution in [1.29, 1.82) is 21.0 Å². The molecule has 0 radical (unpaired) electrons. The fourth-order valence-corrected chi connectivity index (χ4v) is 2.03. The highest BCUT2D eigenvalue weighted by Crippen LogP contribution is 2.43. The summed E-state index contributed by atoms with van der Waals surface area (Å²) in [5, 5.41) is 36.8. The highest BCUT2D eigenvalue weighted by Gasteiger charge is 2.41. The van der Waals surface area contributed by atoms with Gasteiger partial charge in [-0.2, -0.15) is 21.0 Å². The number of nitriles is 4. The van der Waals surface area contributed by atoms with Crippen LogP contribution in [0.1, 0.15) is 20.8 Å². The molecular weight excluding hydrogens is 226 g/mol. The molecule has 0 saturated carbocycles. The van der Waals surface area contributed by atoms with Gasteiger partial charge in [-0.05, 0) is 6.92 Å². The fraction of sp³-hybridized carbons (Fsp3) is 0.385. The summed E-state index contributed by atoms with van der Waals surface area (Å²) in [7, 11) is 0. The van der Waals surface area contributed by atoms with E-state index in [1.54, 1.807) is 20.8 Å². The number of allylic oxidation sites excluding steroid dienone is 4. The van der Waals surface area contributed by atoms with Gasteiger partial charge >= 0.3 is 0 Å². The molecule has 88 valence electrons. The third-order valence-corrected chi connectivity index (χ3v) is 3.02. The third-order valence-electron chi connectivity index (χ3n) is 3.02. The van der Waals surface area contributed by atoms with E-state index in [1.165, 1.54) is 4.90 Å². The summed E-state index contributed by atoms with van der Waals surface area (Å²) >= 11 is 0. The Labute approximate surface area is 106 Å². The normalized spacial score (nSPS) is 17.6. The van der Waals surface area contributed by atoms with Gasteiger partial charge in [-0.3, -0.25) is 0 Å². The monoisotopic (exact) mass is 237 g/mol. The van der Waals surface area contributed by atoms with Crippen LogP contribution in [-0.2, 0) is 0 Å². The van der Waals surface area contributed by atoms with Crippen LogP contribution in [0.4, 0.5) is 0 Å². The van der Waals surface area contributed by atoms with E-state index >= 15 is 0 Å². The van der Waals surface area contributed by atoms with Gasteiger partial charge in [-0.15, -0.1) is 0 Å². The maximum absolute atomic E-state index is 9.21. The minimum atomic E-state index is -0.911. The lowest BCUT2D eigenvalue weighted by Crippen LogP contribution is -2.34. The summed E-state index contributed by atoms with van der Waals surface area (Å²) in [5.74, 6) is 0. The Morgan fingerprint density at radius 3 is 1.50 bits per heavy atom. The lowest BCUT2D eigenvalue weighted by molar-refractivity contribution is 0.413. The Morgan fingerprint density at radius 1 is 0.889 bits per heavy atom. The molecule has 1 aliphatic rings. The van der Waals surface area contributed by atoms with Crippen molar-refractivity contribution in [2.75, 3.05) is 6.54 Å². The van der Waals surface area contributed by atoms with Gasteiger partial charge in [0.1, 0.15) is 23.5 Å². The van der Waals surface area contributed by atoms with E-state index < -0.39 is 5.41 Å². The topological polar surface area (TPSA) is 98.4 Å². The maximum Gasteiger partial charge on any atom is 0.135 e. The van der Waals surface area contributed by atoms with Crippen molar-refractivity contribution >= 4 is 0 Å². The van der Waals surface area contributed by atoms with E-state index in [2.05, 4.69) is 0 Å². The van der Waals surface area contributed by atoms with E-state index in [0.717, 1.165) is 0 Å². The summed E-state index contributed by atoms with van der Waals surface area (Å²) in [6.45, 7) is 5.47. The van der Waals surface area contributed by atoms with Crippen molar-refractivity contribution in [3.05, 3.63) is 22.5 Å². The standard InChI is InChI=1S/C13H11N5/c1-4-18-11(7-16)9(5-14)13(2,3)10(6-15)12(18)8-17/h4H2,1-3H3. The Hall–Kier alpha value is -2.76. The van der Waals surface area contributed by atoms with Crippen molar-refractivity contribution in [2.24, 2.45) is 5.41 Å². The van der Waals surface area contributed by atoms with Crippen LogP contribution in [0.3, 0.4) is 0 Å². The van der Waals surface area contributed by atoms with E-state index in [1.807, 2.05) is 24.3 Å². The van der Waals surface area contributed by atoms with Crippen LogP contribution in [0.25, 0.3) is 0 Å². The van der Waals surface area contributed by atoms with Crippen molar-refractivity contribution in [3.8, 4) is 24.3 Å². The molecular formula is C13H11N5. The predicted octanol–water partition coefficient (Wildman–Crippen LogP) is 1.95. The number of nitrogens with zero attached hydrogens (tertiary/aromatic N) is 5. The molecule has 0 atom stereocenters. The average Bonchev–Trinajstić information content (AvgIpc) is 2.35. The molecule has 0 aromatic carbocycles. The quantitative estimate of drug-likeness (QED) is 0.694. The first-order valence-electron chi connectivity index (χ1n) is 5.36. The molecule has 1 rings (SSSR count). The van der Waals surface area contributed by atoms with Crippen LogP contribution in [0.15, 0.2) is 22.5 Å². The molecule has 0 amide bonds. The fourth-order valence-electron chi connectivity index (χ4n) is 2.03. The minimum Gasteiger partial charge on any atom is -0.323 e. The summed E-state index contributed by atoms with van der Waals surface area (Å²) < 4.78 is 0. The first-order valence-corrected chi connectivity index (χ1v) is 5.36. The molecule has 1 aliphatic heterocycles. The van der Waals surface area contributed by atoms with Crippen molar-refractivity contribution in [3.63, 3.8) is 0 Å². The Balaban J connectivity index is 3.74. The van der Waals surface area contributed by atoms with Gasteiger partial charge in [0.2, 0.25) is 0 Å². The van der Waals surface area contributed by atoms with Crippen LogP contribution >= 0.6 is 0 Å². The zero-order chi connectivity index (χ0) is 13.9. The highest BCUT2D eigenvalue weighted by molar-refractivity contribution is 5.57. The molecule has 5 heteroatoms. The summed E-state index contributed by atoms with van der Waals surface area (Å²) in [6.07, 6.45) is 0. The largest absolute Gasteiger partial charge is 0.323 e. The minimum absolute atomic E-state index is 0.153. The first-order chi connectivity index (χ1) is 8.49. The van der Waals surface area contributed by atoms with Crippen LogP contribution in [0.5, 0.6) is 0 Å².